The molecule has 0 radical (unpaired) electrons. The minimum Gasteiger partial charge on any atom is -0.258 e. The van der Waals surface area contributed by atoms with Crippen molar-refractivity contribution in [2.45, 2.75) is 4.90 Å². The number of hydrogen-bond donors (Lipinski definition) is 0. The average Bonchev–Trinajstić information content (AvgIpc) is 2.01. The first-order chi connectivity index (χ1) is 6.32. The number of halogens is 1. The second-order valence-electron chi connectivity index (χ2n) is 3.71. The minimum atomic E-state index is -0.930. The molecule has 0 atom stereocenters. The molecule has 0 heterocycles. The predicted octanol–water partition coefficient (Wildman–Crippen LogP) is 3.30. The van der Waals surface area contributed by atoms with Gasteiger partial charge in [0.2, 0.25) is 0 Å². The van der Waals surface area contributed by atoms with Crippen LogP contribution in [0.5, 0.6) is 0 Å². The molecule has 1 aromatic carbocycles. The second-order valence-corrected chi connectivity index (χ2v) is 8.23. The molecule has 0 spiro atoms. The lowest BCUT2D eigenvalue weighted by Gasteiger charge is -2.26. The fourth-order valence-corrected chi connectivity index (χ4v) is 3.09. The lowest BCUT2D eigenvalue weighted by atomic mass is 10.3. The third-order valence-electron chi connectivity index (χ3n) is 1.79. The molecule has 5 heteroatoms. The SMILES string of the molecule is CS(C)(C)c1ccc([N+](=O)[O-])cc1Cl. The van der Waals surface area contributed by atoms with E-state index in [0.717, 1.165) is 4.90 Å². The van der Waals surface area contributed by atoms with Gasteiger partial charge in [-0.25, -0.2) is 10.0 Å². The molecule has 1 aromatic rings. The lowest BCUT2D eigenvalue weighted by molar-refractivity contribution is -0.384. The molecule has 0 saturated carbocycles. The summed E-state index contributed by atoms with van der Waals surface area (Å²) in [5.74, 6) is 0. The van der Waals surface area contributed by atoms with E-state index in [-0.39, 0.29) is 5.69 Å². The van der Waals surface area contributed by atoms with Crippen LogP contribution in [0.15, 0.2) is 23.1 Å². The van der Waals surface area contributed by atoms with E-state index in [9.17, 15) is 10.1 Å². The van der Waals surface area contributed by atoms with Gasteiger partial charge < -0.3 is 0 Å². The van der Waals surface area contributed by atoms with E-state index in [4.69, 9.17) is 11.6 Å². The average molecular weight is 234 g/mol. The quantitative estimate of drug-likeness (QED) is 0.581. The maximum absolute atomic E-state index is 10.5. The molecule has 78 valence electrons. The van der Waals surface area contributed by atoms with Crippen molar-refractivity contribution in [1.82, 2.24) is 0 Å². The zero-order chi connectivity index (χ0) is 10.9. The van der Waals surface area contributed by atoms with Gasteiger partial charge in [0.25, 0.3) is 5.69 Å². The highest BCUT2D eigenvalue weighted by Gasteiger charge is 2.15. The fraction of sp³-hybridized carbons (Fsp3) is 0.333. The minimum absolute atomic E-state index is 0.0439. The van der Waals surface area contributed by atoms with Crippen LogP contribution >= 0.6 is 21.6 Å². The largest absolute Gasteiger partial charge is 0.270 e. The van der Waals surface area contributed by atoms with E-state index >= 15 is 0 Å². The van der Waals surface area contributed by atoms with Gasteiger partial charge in [0.1, 0.15) is 0 Å². The van der Waals surface area contributed by atoms with Crippen LogP contribution in [0.1, 0.15) is 0 Å². The summed E-state index contributed by atoms with van der Waals surface area (Å²) < 4.78 is 0. The topological polar surface area (TPSA) is 43.1 Å². The first-order valence-electron chi connectivity index (χ1n) is 3.94. The molecule has 0 aromatic heterocycles. The molecule has 0 unspecified atom stereocenters. The van der Waals surface area contributed by atoms with Gasteiger partial charge in [-0.3, -0.25) is 10.1 Å². The molecule has 0 bridgehead atoms. The zero-order valence-electron chi connectivity index (χ0n) is 8.28. The molecular weight excluding hydrogens is 222 g/mol. The van der Waals surface area contributed by atoms with Gasteiger partial charge in [-0.15, -0.1) is 0 Å². The number of non-ortho nitro benzene ring substituents is 1. The van der Waals surface area contributed by atoms with Gasteiger partial charge in [-0.05, 0) is 24.8 Å². The van der Waals surface area contributed by atoms with Crippen molar-refractivity contribution in [2.24, 2.45) is 0 Å². The summed E-state index contributed by atoms with van der Waals surface area (Å²) in [5.41, 5.74) is 0.0439. The van der Waals surface area contributed by atoms with E-state index in [1.807, 2.05) is 0 Å². The number of rotatable bonds is 2. The summed E-state index contributed by atoms with van der Waals surface area (Å²) in [7, 11) is -0.930. The Balaban J connectivity index is 3.21. The summed E-state index contributed by atoms with van der Waals surface area (Å²) >= 11 is 5.97. The molecule has 0 N–H and O–H groups in total. The summed E-state index contributed by atoms with van der Waals surface area (Å²) in [6.45, 7) is 0. The highest BCUT2D eigenvalue weighted by molar-refractivity contribution is 8.32. The Labute approximate surface area is 89.5 Å². The van der Waals surface area contributed by atoms with E-state index in [1.54, 1.807) is 6.07 Å². The van der Waals surface area contributed by atoms with Crippen LogP contribution in [0.4, 0.5) is 5.69 Å². The smallest absolute Gasteiger partial charge is 0.258 e. The van der Waals surface area contributed by atoms with Gasteiger partial charge >= 0.3 is 0 Å². The van der Waals surface area contributed by atoms with Crippen molar-refractivity contribution in [1.29, 1.82) is 0 Å². The van der Waals surface area contributed by atoms with Crippen LogP contribution in [0.2, 0.25) is 5.02 Å². The Morgan fingerprint density at radius 2 is 1.93 bits per heavy atom. The summed E-state index contributed by atoms with van der Waals surface area (Å²) in [5, 5.41) is 11.0. The van der Waals surface area contributed by atoms with Crippen molar-refractivity contribution in [3.63, 3.8) is 0 Å². The molecular formula is C9H12ClNO2S. The zero-order valence-corrected chi connectivity index (χ0v) is 9.85. The van der Waals surface area contributed by atoms with Crippen molar-refractivity contribution >= 4 is 27.3 Å². The van der Waals surface area contributed by atoms with Gasteiger partial charge in [0.05, 0.1) is 9.95 Å². The van der Waals surface area contributed by atoms with Crippen molar-refractivity contribution < 1.29 is 4.92 Å². The standard InChI is InChI=1S/C9H12ClNO2S/c1-14(2,3)9-5-4-7(11(12)13)6-8(9)10/h4-6H,1-3H3. The van der Waals surface area contributed by atoms with Gasteiger partial charge in [-0.1, -0.05) is 11.6 Å². The van der Waals surface area contributed by atoms with Crippen LogP contribution in [-0.2, 0) is 0 Å². The van der Waals surface area contributed by atoms with Crippen LogP contribution < -0.4 is 0 Å². The normalized spacial score (nSPS) is 12.6. The highest BCUT2D eigenvalue weighted by Crippen LogP contribution is 2.49. The predicted molar refractivity (Wildman–Crippen MR) is 61.7 cm³/mol. The third-order valence-corrected chi connectivity index (χ3v) is 3.89. The van der Waals surface area contributed by atoms with E-state index in [1.165, 1.54) is 12.1 Å². The first-order valence-corrected chi connectivity index (χ1v) is 7.18. The molecule has 0 fully saturated rings. The van der Waals surface area contributed by atoms with Crippen molar-refractivity contribution in [3.05, 3.63) is 33.3 Å². The van der Waals surface area contributed by atoms with Crippen LogP contribution in [0, 0.1) is 10.1 Å². The Hall–Kier alpha value is -0.740. The Kier molecular flexibility index (Phi) is 3.07. The first kappa shape index (κ1) is 11.3. The monoisotopic (exact) mass is 233 g/mol. The van der Waals surface area contributed by atoms with Crippen LogP contribution in [-0.4, -0.2) is 23.7 Å². The molecule has 0 aliphatic carbocycles. The maximum Gasteiger partial charge on any atom is 0.270 e. The van der Waals surface area contributed by atoms with Gasteiger partial charge in [0.15, 0.2) is 0 Å². The summed E-state index contributed by atoms with van der Waals surface area (Å²) in [6, 6.07) is 4.66. The van der Waals surface area contributed by atoms with E-state index in [2.05, 4.69) is 18.8 Å². The summed E-state index contributed by atoms with van der Waals surface area (Å²) in [6.07, 6.45) is 6.29. The molecule has 3 nitrogen and oxygen atoms in total. The van der Waals surface area contributed by atoms with Crippen molar-refractivity contribution in [3.8, 4) is 0 Å². The Morgan fingerprint density at radius 3 is 2.29 bits per heavy atom. The number of nitrogens with zero attached hydrogens (tertiary/aromatic N) is 1. The molecule has 14 heavy (non-hydrogen) atoms. The second kappa shape index (κ2) is 3.79. The van der Waals surface area contributed by atoms with Crippen LogP contribution in [0.3, 0.4) is 0 Å². The van der Waals surface area contributed by atoms with Gasteiger partial charge in [-0.2, -0.15) is 0 Å². The Morgan fingerprint density at radius 1 is 1.36 bits per heavy atom. The molecule has 0 amide bonds. The summed E-state index contributed by atoms with van der Waals surface area (Å²) in [4.78, 5) is 11.0. The van der Waals surface area contributed by atoms with Crippen LogP contribution in [0.25, 0.3) is 0 Å². The number of hydrogen-bond acceptors (Lipinski definition) is 2. The molecule has 0 aliphatic rings. The number of nitro benzene ring substituents is 1. The van der Waals surface area contributed by atoms with Gasteiger partial charge in [0, 0.05) is 17.0 Å². The number of benzene rings is 1. The molecule has 0 aliphatic heterocycles. The lowest BCUT2D eigenvalue weighted by Crippen LogP contribution is -1.95. The maximum atomic E-state index is 10.5. The fourth-order valence-electron chi connectivity index (χ4n) is 1.10. The van der Waals surface area contributed by atoms with E-state index < -0.39 is 15.0 Å². The van der Waals surface area contributed by atoms with E-state index in [0.29, 0.717) is 5.02 Å². The number of nitro groups is 1. The highest BCUT2D eigenvalue weighted by atomic mass is 35.5. The third kappa shape index (κ3) is 2.39. The molecule has 1 rings (SSSR count). The molecule has 0 saturated heterocycles. The Bertz CT molecular complexity index is 374. The van der Waals surface area contributed by atoms with Crippen molar-refractivity contribution in [2.75, 3.05) is 18.8 Å².